The van der Waals surface area contributed by atoms with Crippen LogP contribution < -0.4 is 5.73 Å². The second-order valence-electron chi connectivity index (χ2n) is 5.52. The van der Waals surface area contributed by atoms with Crippen molar-refractivity contribution >= 4 is 16.9 Å². The molecule has 2 aromatic rings. The Kier molecular flexibility index (Phi) is 3.42. The number of rotatable bonds is 4. The summed E-state index contributed by atoms with van der Waals surface area (Å²) in [7, 11) is 3.73. The van der Waals surface area contributed by atoms with Crippen LogP contribution in [-0.2, 0) is 13.6 Å². The molecule has 3 N–H and O–H groups in total. The molecule has 0 aliphatic carbocycles. The molecule has 2 heterocycles. The molecule has 0 atom stereocenters. The fourth-order valence-corrected chi connectivity index (χ4v) is 2.12. The smallest absolute Gasteiger partial charge is 0.163 e. The molecule has 7 heteroatoms. The van der Waals surface area contributed by atoms with Gasteiger partial charge >= 0.3 is 0 Å². The van der Waals surface area contributed by atoms with E-state index < -0.39 is 5.60 Å². The summed E-state index contributed by atoms with van der Waals surface area (Å²) in [5.41, 5.74) is 5.87. The molecule has 0 spiro atoms. The van der Waals surface area contributed by atoms with Gasteiger partial charge in [-0.05, 0) is 20.9 Å². The monoisotopic (exact) mass is 264 g/mol. The predicted molar refractivity (Wildman–Crippen MR) is 73.3 cm³/mol. The minimum absolute atomic E-state index is 0.435. The molecule has 0 aliphatic rings. The van der Waals surface area contributed by atoms with Gasteiger partial charge in [0.15, 0.2) is 5.65 Å². The van der Waals surface area contributed by atoms with Crippen molar-refractivity contribution in [1.29, 1.82) is 0 Å². The molecule has 2 rings (SSSR count). The molecule has 0 saturated carbocycles. The van der Waals surface area contributed by atoms with Crippen molar-refractivity contribution < 1.29 is 5.11 Å². The third-order valence-electron chi connectivity index (χ3n) is 2.74. The van der Waals surface area contributed by atoms with Gasteiger partial charge in [-0.2, -0.15) is 5.10 Å². The van der Waals surface area contributed by atoms with Gasteiger partial charge in [-0.15, -0.1) is 0 Å². The van der Waals surface area contributed by atoms with Gasteiger partial charge in [-0.1, -0.05) is 0 Å². The van der Waals surface area contributed by atoms with E-state index in [1.165, 1.54) is 0 Å². The highest BCUT2D eigenvalue weighted by Crippen LogP contribution is 2.17. The summed E-state index contributed by atoms with van der Waals surface area (Å²) in [5, 5.41) is 14.7. The van der Waals surface area contributed by atoms with Gasteiger partial charge in [0.1, 0.15) is 11.6 Å². The maximum atomic E-state index is 9.78. The largest absolute Gasteiger partial charge is 0.389 e. The Labute approximate surface area is 112 Å². The number of aliphatic hydroxyl groups is 1. The number of hydrogen-bond acceptors (Lipinski definition) is 6. The van der Waals surface area contributed by atoms with Crippen molar-refractivity contribution in [2.24, 2.45) is 7.05 Å². The van der Waals surface area contributed by atoms with Gasteiger partial charge < -0.3 is 10.8 Å². The number of aryl methyl sites for hydroxylation is 1. The molecule has 0 unspecified atom stereocenters. The zero-order chi connectivity index (χ0) is 14.2. The van der Waals surface area contributed by atoms with E-state index >= 15 is 0 Å². The Morgan fingerprint density at radius 2 is 2.11 bits per heavy atom. The van der Waals surface area contributed by atoms with Gasteiger partial charge in [-0.25, -0.2) is 9.97 Å². The second-order valence-corrected chi connectivity index (χ2v) is 5.52. The van der Waals surface area contributed by atoms with Gasteiger partial charge in [0.05, 0.1) is 23.7 Å². The number of anilines is 1. The highest BCUT2D eigenvalue weighted by Gasteiger charge is 2.17. The fourth-order valence-electron chi connectivity index (χ4n) is 2.12. The molecule has 0 bridgehead atoms. The summed E-state index contributed by atoms with van der Waals surface area (Å²) in [6.07, 6.45) is 1.66. The van der Waals surface area contributed by atoms with Crippen molar-refractivity contribution in [3.05, 3.63) is 12.0 Å². The SMILES string of the molecule is CN(Cc1nc(N)c2cnn(C)c2n1)CC(C)(C)O. The lowest BCUT2D eigenvalue weighted by atomic mass is 10.1. The van der Waals surface area contributed by atoms with Crippen LogP contribution in [0, 0.1) is 0 Å². The lowest BCUT2D eigenvalue weighted by Gasteiger charge is -2.24. The number of nitrogens with two attached hydrogens (primary N) is 1. The van der Waals surface area contributed by atoms with Crippen LogP contribution in [0.1, 0.15) is 19.7 Å². The van der Waals surface area contributed by atoms with Crippen LogP contribution >= 0.6 is 0 Å². The maximum absolute atomic E-state index is 9.78. The average Bonchev–Trinajstić information content (AvgIpc) is 2.58. The zero-order valence-electron chi connectivity index (χ0n) is 11.8. The molecule has 0 saturated heterocycles. The number of likely N-dealkylation sites (N-methyl/N-ethyl adjacent to an activating group) is 1. The first-order valence-corrected chi connectivity index (χ1v) is 6.11. The molecular weight excluding hydrogens is 244 g/mol. The van der Waals surface area contributed by atoms with Crippen LogP contribution in [0.3, 0.4) is 0 Å². The van der Waals surface area contributed by atoms with E-state index in [1.807, 2.05) is 19.0 Å². The van der Waals surface area contributed by atoms with Gasteiger partial charge in [-0.3, -0.25) is 9.58 Å². The van der Waals surface area contributed by atoms with E-state index in [0.717, 1.165) is 11.0 Å². The van der Waals surface area contributed by atoms with Crippen LogP contribution in [0.2, 0.25) is 0 Å². The zero-order valence-corrected chi connectivity index (χ0v) is 11.8. The molecule has 7 nitrogen and oxygen atoms in total. The molecule has 0 fully saturated rings. The van der Waals surface area contributed by atoms with Gasteiger partial charge in [0.2, 0.25) is 0 Å². The summed E-state index contributed by atoms with van der Waals surface area (Å²) in [6.45, 7) is 4.58. The second kappa shape index (κ2) is 4.75. The molecule has 0 aliphatic heterocycles. The summed E-state index contributed by atoms with van der Waals surface area (Å²) in [6, 6.07) is 0. The third-order valence-corrected chi connectivity index (χ3v) is 2.74. The first-order chi connectivity index (χ1) is 8.76. The summed E-state index contributed by atoms with van der Waals surface area (Å²) in [4.78, 5) is 10.7. The summed E-state index contributed by atoms with van der Waals surface area (Å²) in [5.74, 6) is 1.06. The minimum Gasteiger partial charge on any atom is -0.389 e. The molecule has 0 aromatic carbocycles. The van der Waals surface area contributed by atoms with E-state index in [-0.39, 0.29) is 0 Å². The molecule has 0 amide bonds. The number of hydrogen-bond donors (Lipinski definition) is 2. The number of fused-ring (bicyclic) bond motifs is 1. The first-order valence-electron chi connectivity index (χ1n) is 6.11. The molecule has 19 heavy (non-hydrogen) atoms. The lowest BCUT2D eigenvalue weighted by molar-refractivity contribution is 0.0418. The van der Waals surface area contributed by atoms with E-state index in [1.54, 1.807) is 24.7 Å². The molecule has 2 aromatic heterocycles. The Hall–Kier alpha value is -1.73. The number of nitrogen functional groups attached to an aromatic ring is 1. The van der Waals surface area contributed by atoms with Crippen molar-refractivity contribution in [2.75, 3.05) is 19.3 Å². The minimum atomic E-state index is -0.753. The van der Waals surface area contributed by atoms with Crippen LogP contribution in [0.4, 0.5) is 5.82 Å². The van der Waals surface area contributed by atoms with Crippen molar-refractivity contribution in [3.8, 4) is 0 Å². The van der Waals surface area contributed by atoms with Crippen molar-refractivity contribution in [1.82, 2.24) is 24.6 Å². The van der Waals surface area contributed by atoms with Crippen LogP contribution in [0.5, 0.6) is 0 Å². The van der Waals surface area contributed by atoms with E-state index in [4.69, 9.17) is 5.73 Å². The van der Waals surface area contributed by atoms with Gasteiger partial charge in [0.25, 0.3) is 0 Å². The van der Waals surface area contributed by atoms with Crippen LogP contribution in [0.25, 0.3) is 11.0 Å². The predicted octanol–water partition coefficient (Wildman–Crippen LogP) is 0.148. The van der Waals surface area contributed by atoms with E-state index in [0.29, 0.717) is 24.7 Å². The Morgan fingerprint density at radius 1 is 1.42 bits per heavy atom. The van der Waals surface area contributed by atoms with Crippen LogP contribution in [-0.4, -0.2) is 48.9 Å². The highest BCUT2D eigenvalue weighted by molar-refractivity contribution is 5.84. The standard InChI is InChI=1S/C12H20N6O/c1-12(2,19)7-17(3)6-9-15-10(13)8-5-14-18(4)11(8)16-9/h5,19H,6-7H2,1-4H3,(H2,13,15,16). The van der Waals surface area contributed by atoms with Crippen LogP contribution in [0.15, 0.2) is 6.20 Å². The number of nitrogens with zero attached hydrogens (tertiary/aromatic N) is 5. The maximum Gasteiger partial charge on any atom is 0.163 e. The quantitative estimate of drug-likeness (QED) is 0.816. The van der Waals surface area contributed by atoms with Gasteiger partial charge in [0, 0.05) is 13.6 Å². The van der Waals surface area contributed by atoms with Crippen molar-refractivity contribution in [3.63, 3.8) is 0 Å². The van der Waals surface area contributed by atoms with E-state index in [9.17, 15) is 5.11 Å². The van der Waals surface area contributed by atoms with Crippen molar-refractivity contribution in [2.45, 2.75) is 26.0 Å². The fraction of sp³-hybridized carbons (Fsp3) is 0.583. The summed E-state index contributed by atoms with van der Waals surface area (Å²) >= 11 is 0. The Balaban J connectivity index is 2.23. The van der Waals surface area contributed by atoms with E-state index in [2.05, 4.69) is 15.1 Å². The molecule has 104 valence electrons. The topological polar surface area (TPSA) is 93.1 Å². The first kappa shape index (κ1) is 13.7. The number of aromatic nitrogens is 4. The Bertz CT molecular complexity index is 586. The molecular formula is C12H20N6O. The normalized spacial score (nSPS) is 12.5. The lowest BCUT2D eigenvalue weighted by Crippen LogP contribution is -2.36. The average molecular weight is 264 g/mol. The molecule has 0 radical (unpaired) electrons. The highest BCUT2D eigenvalue weighted by atomic mass is 16.3. The summed E-state index contributed by atoms with van der Waals surface area (Å²) < 4.78 is 1.67. The third kappa shape index (κ3) is 3.18. The Morgan fingerprint density at radius 3 is 2.74 bits per heavy atom.